The first-order valence-electron chi connectivity index (χ1n) is 38.7. The molecule has 0 heterocycles. The number of amides is 2. The number of unbranched alkanes of at least 4 members (excludes halogenated alkanes) is 43. The summed E-state index contributed by atoms with van der Waals surface area (Å²) < 4.78 is 6.10. The molecule has 7 heteroatoms. The van der Waals surface area contributed by atoms with Gasteiger partial charge >= 0.3 is 0 Å². The van der Waals surface area contributed by atoms with Crippen LogP contribution in [0.25, 0.3) is 0 Å². The highest BCUT2D eigenvalue weighted by Crippen LogP contribution is 2.37. The summed E-state index contributed by atoms with van der Waals surface area (Å²) in [6.07, 6.45) is 84.1. The lowest BCUT2D eigenvalue weighted by molar-refractivity contribution is -0.168. The monoisotopic (exact) mass is 1230 g/mol. The molecule has 0 aromatic rings. The average molecular weight is 1230 g/mol. The van der Waals surface area contributed by atoms with Crippen molar-refractivity contribution in [2.75, 3.05) is 13.7 Å². The maximum Gasteiger partial charge on any atom is 0.229 e. The third kappa shape index (κ3) is 50.0. The van der Waals surface area contributed by atoms with Crippen LogP contribution in [0.1, 0.15) is 414 Å². The molecule has 88 heavy (non-hydrogen) atoms. The van der Waals surface area contributed by atoms with Gasteiger partial charge in [0.2, 0.25) is 11.8 Å². The Morgan fingerprint density at radius 2 is 0.580 bits per heavy atom. The Hall–Kier alpha value is -2.64. The van der Waals surface area contributed by atoms with E-state index in [4.69, 9.17) is 10.5 Å². The van der Waals surface area contributed by atoms with Gasteiger partial charge in [0.1, 0.15) is 11.6 Å². The number of allylic oxidation sites excluding steroid dienone is 8. The standard InChI is InChI=1S/C81H150N2O5/c1-8-11-14-17-20-23-26-29-32-38-43-48-53-58-63-69-76(84)75(77(85)70-64-59-54-49-44-39-33-30-27-24-21-18-15-12-9-2)68-62-57-52-47-42-37-35-36-41-46-51-56-61-66-72-79(87)83(80(4,5)81(6,88-7)73-67-74-82)78(86)71-65-60-55-50-45-40-34-31-28-25-22-19-16-13-10-3/h29-36,75H,8-28,37-74,82H2,1-7H3/b32-29-,33-30-,34-31-,36-35-. The van der Waals surface area contributed by atoms with Crippen molar-refractivity contribution < 1.29 is 23.9 Å². The van der Waals surface area contributed by atoms with E-state index < -0.39 is 11.1 Å². The molecule has 0 saturated heterocycles. The van der Waals surface area contributed by atoms with E-state index in [1.807, 2.05) is 20.8 Å². The average Bonchev–Trinajstić information content (AvgIpc) is 1.29. The van der Waals surface area contributed by atoms with Crippen LogP contribution in [0.15, 0.2) is 48.6 Å². The maximum absolute atomic E-state index is 14.0. The van der Waals surface area contributed by atoms with Crippen molar-refractivity contribution in [2.45, 2.75) is 425 Å². The zero-order valence-electron chi connectivity index (χ0n) is 60.0. The van der Waals surface area contributed by atoms with Gasteiger partial charge in [-0.25, -0.2) is 0 Å². The van der Waals surface area contributed by atoms with Gasteiger partial charge in [-0.3, -0.25) is 24.1 Å². The van der Waals surface area contributed by atoms with E-state index in [1.54, 1.807) is 12.0 Å². The van der Waals surface area contributed by atoms with Crippen LogP contribution in [0.3, 0.4) is 0 Å². The lowest BCUT2D eigenvalue weighted by atomic mass is 9.78. The van der Waals surface area contributed by atoms with E-state index in [0.717, 1.165) is 128 Å². The molecule has 2 N–H and O–H groups in total. The molecule has 0 saturated carbocycles. The molecular weight excluding hydrogens is 1080 g/mol. The van der Waals surface area contributed by atoms with E-state index in [9.17, 15) is 19.2 Å². The summed E-state index contributed by atoms with van der Waals surface area (Å²) in [5, 5.41) is 0. The third-order valence-corrected chi connectivity index (χ3v) is 19.3. The van der Waals surface area contributed by atoms with Crippen LogP contribution >= 0.6 is 0 Å². The molecule has 0 fully saturated rings. The molecule has 514 valence electrons. The van der Waals surface area contributed by atoms with Crippen LogP contribution in [0.5, 0.6) is 0 Å². The molecule has 1 unspecified atom stereocenters. The molecule has 0 aliphatic heterocycles. The van der Waals surface area contributed by atoms with Crippen molar-refractivity contribution in [3.8, 4) is 0 Å². The predicted molar refractivity (Wildman–Crippen MR) is 385 cm³/mol. The summed E-state index contributed by atoms with van der Waals surface area (Å²) >= 11 is 0. The van der Waals surface area contributed by atoms with Crippen LogP contribution in [0.4, 0.5) is 0 Å². The quantitative estimate of drug-likeness (QED) is 0.0369. The van der Waals surface area contributed by atoms with Gasteiger partial charge in [0.15, 0.2) is 0 Å². The fraction of sp³-hybridized carbons (Fsp3) is 0.852. The zero-order valence-corrected chi connectivity index (χ0v) is 60.0. The fourth-order valence-electron chi connectivity index (χ4n) is 12.7. The summed E-state index contributed by atoms with van der Waals surface area (Å²) in [5.41, 5.74) is 4.43. The Morgan fingerprint density at radius 1 is 0.341 bits per heavy atom. The van der Waals surface area contributed by atoms with E-state index in [-0.39, 0.29) is 29.3 Å². The van der Waals surface area contributed by atoms with E-state index in [0.29, 0.717) is 38.6 Å². The SMILES string of the molecule is CCCCCCCC/C=C\CCCCCCCC(=O)C(CCCCCCC/C=C\CCCCCCCC(=O)N(C(=O)CCCCCCC/C=C\CCCCCCCC)C(C)(C)C(C)(CCCN)OC)C(=O)CCCCCCC/C=C\CCCCCCCC. The fourth-order valence-corrected chi connectivity index (χ4v) is 12.7. The molecule has 0 spiro atoms. The molecule has 0 aliphatic carbocycles. The van der Waals surface area contributed by atoms with E-state index >= 15 is 0 Å². The zero-order chi connectivity index (χ0) is 64.5. The molecule has 0 aromatic carbocycles. The number of ether oxygens (including phenoxy) is 1. The van der Waals surface area contributed by atoms with Gasteiger partial charge < -0.3 is 10.5 Å². The Morgan fingerprint density at radius 3 is 0.841 bits per heavy atom. The summed E-state index contributed by atoms with van der Waals surface area (Å²) in [5.74, 6) is -0.101. The highest BCUT2D eigenvalue weighted by molar-refractivity contribution is 6.02. The summed E-state index contributed by atoms with van der Waals surface area (Å²) in [6, 6.07) is 0. The maximum atomic E-state index is 14.0. The van der Waals surface area contributed by atoms with Crippen molar-refractivity contribution in [2.24, 2.45) is 11.7 Å². The van der Waals surface area contributed by atoms with Gasteiger partial charge in [0.25, 0.3) is 0 Å². The van der Waals surface area contributed by atoms with E-state index in [2.05, 4.69) is 69.4 Å². The van der Waals surface area contributed by atoms with Crippen molar-refractivity contribution in [3.05, 3.63) is 48.6 Å². The minimum atomic E-state index is -0.806. The van der Waals surface area contributed by atoms with Gasteiger partial charge in [0.05, 0.1) is 17.1 Å². The number of rotatable bonds is 69. The second kappa shape index (κ2) is 64.5. The minimum Gasteiger partial charge on any atom is -0.376 e. The lowest BCUT2D eigenvalue weighted by Crippen LogP contribution is -2.63. The molecule has 0 bridgehead atoms. The number of methoxy groups -OCH3 is 1. The number of nitrogens with two attached hydrogens (primary N) is 1. The van der Waals surface area contributed by atoms with Crippen LogP contribution in [0.2, 0.25) is 0 Å². The summed E-state index contributed by atoms with van der Waals surface area (Å²) in [6.45, 7) is 13.4. The molecule has 7 nitrogen and oxygen atoms in total. The first-order chi connectivity index (χ1) is 43.0. The molecule has 1 atom stereocenters. The highest BCUT2D eigenvalue weighted by Gasteiger charge is 2.49. The van der Waals surface area contributed by atoms with Gasteiger partial charge in [-0.1, -0.05) is 268 Å². The molecule has 0 aliphatic rings. The number of nitrogens with zero attached hydrogens (tertiary/aromatic N) is 1. The Bertz CT molecular complexity index is 1640. The van der Waals surface area contributed by atoms with Crippen molar-refractivity contribution in [3.63, 3.8) is 0 Å². The smallest absolute Gasteiger partial charge is 0.229 e. The largest absolute Gasteiger partial charge is 0.376 e. The topological polar surface area (TPSA) is 107 Å². The van der Waals surface area contributed by atoms with Crippen LogP contribution < -0.4 is 5.73 Å². The van der Waals surface area contributed by atoms with Gasteiger partial charge in [-0.05, 0) is 175 Å². The minimum absolute atomic E-state index is 0.0708. The Balaban J connectivity index is 4.77. The Labute approximate surface area is 548 Å². The third-order valence-electron chi connectivity index (χ3n) is 19.3. The number of carbonyl (C=O) groups excluding carboxylic acids is 4. The van der Waals surface area contributed by atoms with Gasteiger partial charge in [-0.2, -0.15) is 0 Å². The summed E-state index contributed by atoms with van der Waals surface area (Å²) in [7, 11) is 1.69. The second-order valence-corrected chi connectivity index (χ2v) is 27.6. The molecule has 2 amide bonds. The number of hydrogen-bond donors (Lipinski definition) is 1. The number of carbonyl (C=O) groups is 4. The number of imide groups is 1. The molecule has 0 radical (unpaired) electrons. The van der Waals surface area contributed by atoms with E-state index in [1.165, 1.54) is 212 Å². The predicted octanol–water partition coefficient (Wildman–Crippen LogP) is 25.1. The second-order valence-electron chi connectivity index (χ2n) is 27.6. The number of Topliss-reactive ketones (excluding diaryl/α,β-unsaturated/α-hetero) is 2. The molecular formula is C81H150N2O5. The van der Waals surface area contributed by atoms with Gasteiger partial charge in [0, 0.05) is 32.8 Å². The number of hydrogen-bond acceptors (Lipinski definition) is 6. The van der Waals surface area contributed by atoms with Crippen molar-refractivity contribution in [1.82, 2.24) is 4.90 Å². The normalized spacial score (nSPS) is 13.0. The summed E-state index contributed by atoms with van der Waals surface area (Å²) in [4.78, 5) is 56.9. The van der Waals surface area contributed by atoms with Crippen LogP contribution in [0, 0.1) is 5.92 Å². The number of ketones is 2. The van der Waals surface area contributed by atoms with Crippen LogP contribution in [-0.2, 0) is 23.9 Å². The van der Waals surface area contributed by atoms with Crippen LogP contribution in [-0.4, -0.2) is 53.1 Å². The van der Waals surface area contributed by atoms with Crippen molar-refractivity contribution in [1.29, 1.82) is 0 Å². The Kier molecular flexibility index (Phi) is 62.5. The lowest BCUT2D eigenvalue weighted by Gasteiger charge is -2.49. The molecule has 0 rings (SSSR count). The molecule has 0 aromatic heterocycles. The first kappa shape index (κ1) is 85.4. The first-order valence-corrected chi connectivity index (χ1v) is 38.7. The van der Waals surface area contributed by atoms with Crippen molar-refractivity contribution >= 4 is 23.4 Å². The highest BCUT2D eigenvalue weighted by atomic mass is 16.5. The van der Waals surface area contributed by atoms with Gasteiger partial charge in [-0.15, -0.1) is 0 Å².